The number of hydrogen-bond donors (Lipinski definition) is 2. The van der Waals surface area contributed by atoms with E-state index >= 15 is 0 Å². The molecule has 2 N–H and O–H groups in total. The van der Waals surface area contributed by atoms with Gasteiger partial charge in [0.2, 0.25) is 0 Å². The molecule has 19 heavy (non-hydrogen) atoms. The molecule has 7 heteroatoms. The first-order valence-corrected chi connectivity index (χ1v) is 6.19. The van der Waals surface area contributed by atoms with Crippen LogP contribution >= 0.6 is 22.6 Å². The Hall–Kier alpha value is -1.77. The van der Waals surface area contributed by atoms with Crippen molar-refractivity contribution < 1.29 is 24.2 Å². The van der Waals surface area contributed by atoms with Crippen LogP contribution in [-0.2, 0) is 19.1 Å². The van der Waals surface area contributed by atoms with Crippen LogP contribution in [-0.4, -0.2) is 31.3 Å². The molecular weight excluding hydrogens is 365 g/mol. The van der Waals surface area contributed by atoms with Gasteiger partial charge in [0, 0.05) is 3.57 Å². The Morgan fingerprint density at radius 2 is 2.00 bits per heavy atom. The number of methoxy groups -OCH3 is 2. The van der Waals surface area contributed by atoms with E-state index in [9.17, 15) is 14.7 Å². The van der Waals surface area contributed by atoms with Crippen LogP contribution in [0.4, 0.5) is 5.69 Å². The highest BCUT2D eigenvalue weighted by Crippen LogP contribution is 2.24. The summed E-state index contributed by atoms with van der Waals surface area (Å²) in [5, 5.41) is 12.1. The summed E-state index contributed by atoms with van der Waals surface area (Å²) >= 11 is 1.98. The van der Waals surface area contributed by atoms with Gasteiger partial charge in [0.15, 0.2) is 0 Å². The van der Waals surface area contributed by atoms with Crippen molar-refractivity contribution in [3.63, 3.8) is 0 Å². The van der Waals surface area contributed by atoms with Crippen molar-refractivity contribution in [2.45, 2.75) is 0 Å². The van der Waals surface area contributed by atoms with Crippen LogP contribution in [0.5, 0.6) is 5.75 Å². The number of aromatic hydroxyl groups is 1. The summed E-state index contributed by atoms with van der Waals surface area (Å²) in [4.78, 5) is 22.7. The molecule has 0 unspecified atom stereocenters. The lowest BCUT2D eigenvalue weighted by molar-refractivity contribution is -0.138. The highest BCUT2D eigenvalue weighted by Gasteiger charge is 2.14. The molecule has 0 spiro atoms. The fourth-order valence-electron chi connectivity index (χ4n) is 1.18. The van der Waals surface area contributed by atoms with Gasteiger partial charge in [0.1, 0.15) is 11.4 Å². The van der Waals surface area contributed by atoms with Crippen LogP contribution in [0.2, 0.25) is 0 Å². The van der Waals surface area contributed by atoms with E-state index < -0.39 is 11.9 Å². The molecule has 0 aromatic heterocycles. The van der Waals surface area contributed by atoms with Gasteiger partial charge in [-0.25, -0.2) is 9.59 Å². The Morgan fingerprint density at radius 1 is 1.32 bits per heavy atom. The fraction of sp³-hybridized carbons (Fsp3) is 0.167. The summed E-state index contributed by atoms with van der Waals surface area (Å²) in [5.74, 6) is -1.28. The zero-order valence-corrected chi connectivity index (χ0v) is 12.4. The Balaban J connectivity index is 3.04. The zero-order valence-electron chi connectivity index (χ0n) is 10.3. The summed E-state index contributed by atoms with van der Waals surface area (Å²) in [6, 6.07) is 4.54. The van der Waals surface area contributed by atoms with Gasteiger partial charge in [-0.3, -0.25) is 0 Å². The van der Waals surface area contributed by atoms with Crippen molar-refractivity contribution in [3.05, 3.63) is 33.5 Å². The summed E-state index contributed by atoms with van der Waals surface area (Å²) in [7, 11) is 2.41. The average Bonchev–Trinajstić information content (AvgIpc) is 2.39. The molecule has 0 saturated carbocycles. The normalized spacial score (nSPS) is 10.8. The molecule has 0 aliphatic heterocycles. The number of phenols is 1. The maximum absolute atomic E-state index is 11.5. The Bertz CT molecular complexity index is 527. The largest absolute Gasteiger partial charge is 0.508 e. The molecule has 0 radical (unpaired) electrons. The van der Waals surface area contributed by atoms with Crippen molar-refractivity contribution in [2.24, 2.45) is 0 Å². The van der Waals surface area contributed by atoms with Gasteiger partial charge in [-0.1, -0.05) is 0 Å². The molecular formula is C12H12INO5. The van der Waals surface area contributed by atoms with Crippen LogP contribution in [0.3, 0.4) is 0 Å². The maximum Gasteiger partial charge on any atom is 0.354 e. The molecule has 1 aromatic carbocycles. The summed E-state index contributed by atoms with van der Waals surface area (Å²) in [6.45, 7) is 0. The monoisotopic (exact) mass is 377 g/mol. The van der Waals surface area contributed by atoms with E-state index in [1.165, 1.54) is 26.4 Å². The van der Waals surface area contributed by atoms with Crippen LogP contribution in [0.1, 0.15) is 0 Å². The number of phenolic OH excluding ortho intramolecular Hbond substituents is 1. The van der Waals surface area contributed by atoms with Crippen molar-refractivity contribution in [2.75, 3.05) is 19.5 Å². The van der Waals surface area contributed by atoms with E-state index in [4.69, 9.17) is 0 Å². The number of halogens is 1. The van der Waals surface area contributed by atoms with Crippen molar-refractivity contribution >= 4 is 40.2 Å². The minimum Gasteiger partial charge on any atom is -0.508 e. The number of anilines is 1. The van der Waals surface area contributed by atoms with E-state index in [0.29, 0.717) is 9.26 Å². The second-order valence-electron chi connectivity index (χ2n) is 3.36. The standard InChI is InChI=1S/C12H12INO5/c1-18-11(16)6-10(12(17)19-2)14-9-4-3-7(15)5-8(9)13/h3-6,14-15H,1-2H3/b10-6+. The first kappa shape index (κ1) is 15.3. The van der Waals surface area contributed by atoms with Crippen LogP contribution in [0.25, 0.3) is 0 Å². The maximum atomic E-state index is 11.5. The number of esters is 2. The van der Waals surface area contributed by atoms with Crippen molar-refractivity contribution in [1.82, 2.24) is 0 Å². The van der Waals surface area contributed by atoms with E-state index in [0.717, 1.165) is 6.08 Å². The Labute approximate surface area is 123 Å². The molecule has 0 aliphatic carbocycles. The number of nitrogens with one attached hydrogen (secondary N) is 1. The molecule has 0 aliphatic rings. The quantitative estimate of drug-likeness (QED) is 0.359. The number of benzene rings is 1. The highest BCUT2D eigenvalue weighted by molar-refractivity contribution is 14.1. The number of carbonyl (C=O) groups is 2. The number of ether oxygens (including phenoxy) is 2. The van der Waals surface area contributed by atoms with Gasteiger partial charge >= 0.3 is 11.9 Å². The number of carbonyl (C=O) groups excluding carboxylic acids is 2. The van der Waals surface area contributed by atoms with Crippen molar-refractivity contribution in [1.29, 1.82) is 0 Å². The first-order chi connectivity index (χ1) is 8.97. The third-order valence-electron chi connectivity index (χ3n) is 2.09. The second-order valence-corrected chi connectivity index (χ2v) is 4.52. The lowest BCUT2D eigenvalue weighted by atomic mass is 10.3. The van der Waals surface area contributed by atoms with Crippen LogP contribution in [0, 0.1) is 3.57 Å². The number of rotatable bonds is 4. The summed E-state index contributed by atoms with van der Waals surface area (Å²) in [5.41, 5.74) is 0.497. The Kier molecular flexibility index (Phi) is 5.61. The van der Waals surface area contributed by atoms with Gasteiger partial charge in [-0.15, -0.1) is 0 Å². The third-order valence-corrected chi connectivity index (χ3v) is 2.98. The minimum atomic E-state index is -0.700. The van der Waals surface area contributed by atoms with Gasteiger partial charge in [-0.2, -0.15) is 0 Å². The van der Waals surface area contributed by atoms with E-state index in [1.54, 1.807) is 6.07 Å². The van der Waals surface area contributed by atoms with Gasteiger partial charge in [-0.05, 0) is 40.8 Å². The molecule has 0 bridgehead atoms. The van der Waals surface area contributed by atoms with E-state index in [1.807, 2.05) is 22.6 Å². The SMILES string of the molecule is COC(=O)/C=C(/Nc1ccc(O)cc1I)C(=O)OC. The molecule has 1 rings (SSSR count). The zero-order chi connectivity index (χ0) is 14.4. The smallest absolute Gasteiger partial charge is 0.354 e. The number of hydrogen-bond acceptors (Lipinski definition) is 6. The minimum absolute atomic E-state index is 0.0574. The molecule has 102 valence electrons. The lowest BCUT2D eigenvalue weighted by Gasteiger charge is -2.10. The molecule has 0 heterocycles. The molecule has 0 amide bonds. The van der Waals surface area contributed by atoms with Crippen LogP contribution < -0.4 is 5.32 Å². The second kappa shape index (κ2) is 6.98. The molecule has 0 atom stereocenters. The fourth-order valence-corrected chi connectivity index (χ4v) is 1.82. The molecule has 6 nitrogen and oxygen atoms in total. The topological polar surface area (TPSA) is 84.9 Å². The Morgan fingerprint density at radius 3 is 2.53 bits per heavy atom. The predicted octanol–water partition coefficient (Wildman–Crippen LogP) is 1.64. The van der Waals surface area contributed by atoms with Gasteiger partial charge in [0.25, 0.3) is 0 Å². The third kappa shape index (κ3) is 4.43. The molecule has 1 aromatic rings. The summed E-state index contributed by atoms with van der Waals surface area (Å²) < 4.78 is 9.70. The molecule has 0 saturated heterocycles. The van der Waals surface area contributed by atoms with Crippen LogP contribution in [0.15, 0.2) is 30.0 Å². The average molecular weight is 377 g/mol. The predicted molar refractivity (Wildman–Crippen MR) is 76.6 cm³/mol. The van der Waals surface area contributed by atoms with Gasteiger partial charge in [0.05, 0.1) is 26.0 Å². The van der Waals surface area contributed by atoms with Gasteiger partial charge < -0.3 is 19.9 Å². The van der Waals surface area contributed by atoms with E-state index in [2.05, 4.69) is 14.8 Å². The first-order valence-electron chi connectivity index (χ1n) is 5.11. The van der Waals surface area contributed by atoms with Crippen molar-refractivity contribution in [3.8, 4) is 5.75 Å². The molecule has 0 fully saturated rings. The lowest BCUT2D eigenvalue weighted by Crippen LogP contribution is -2.16. The highest BCUT2D eigenvalue weighted by atomic mass is 127. The van der Waals surface area contributed by atoms with E-state index in [-0.39, 0.29) is 11.4 Å². The summed E-state index contributed by atoms with van der Waals surface area (Å²) in [6.07, 6.45) is 0.995.